The Morgan fingerprint density at radius 2 is 1.42 bits per heavy atom. The third-order valence-electron chi connectivity index (χ3n) is 6.06. The Kier molecular flexibility index (Phi) is 14.1. The molecule has 1 heterocycles. The van der Waals surface area contributed by atoms with Crippen LogP contribution >= 0.6 is 11.8 Å². The van der Waals surface area contributed by atoms with Gasteiger partial charge in [0.2, 0.25) is 0 Å². The van der Waals surface area contributed by atoms with Gasteiger partial charge in [-0.3, -0.25) is 38.8 Å². The Labute approximate surface area is 225 Å². The molecular formula is C24H33N5O8S. The lowest BCUT2D eigenvalue weighted by Gasteiger charge is -2.37. The molecule has 1 fully saturated rings. The number of aliphatic carboxylic acids is 2. The first-order valence-corrected chi connectivity index (χ1v) is 12.8. The molecule has 1 aliphatic rings. The van der Waals surface area contributed by atoms with Crippen LogP contribution in [-0.4, -0.2) is 133 Å². The summed E-state index contributed by atoms with van der Waals surface area (Å²) in [4.78, 5) is 52.9. The number of carboxylic acids is 2. The second-order valence-corrected chi connectivity index (χ2v) is 9.57. The van der Waals surface area contributed by atoms with Gasteiger partial charge in [-0.25, -0.2) is 0 Å². The minimum atomic E-state index is -0.998. The Morgan fingerprint density at radius 1 is 0.895 bits per heavy atom. The number of hydrogen-bond donors (Lipinski definition) is 2. The standard InChI is InChI=1S/C24H33N5O8S/c25-15-38-22-3-1-20(2-4-22)11-21-12-28(16-36-18-30)8-7-26(13-23(32)33)5-6-27(14-24(34)35)9-10-29(21)17-37-19-31/h1-4,18-19,21H,5-14,16-17H2,(H,32,33)(H,34,35). The van der Waals surface area contributed by atoms with E-state index in [4.69, 9.17) is 14.7 Å². The summed E-state index contributed by atoms with van der Waals surface area (Å²) in [6.07, 6.45) is 0.523. The van der Waals surface area contributed by atoms with Crippen LogP contribution in [0.4, 0.5) is 0 Å². The van der Waals surface area contributed by atoms with Crippen LogP contribution in [0.25, 0.3) is 0 Å². The van der Waals surface area contributed by atoms with Crippen molar-refractivity contribution in [2.24, 2.45) is 0 Å². The van der Waals surface area contributed by atoms with Crippen LogP contribution < -0.4 is 0 Å². The average Bonchev–Trinajstić information content (AvgIpc) is 2.87. The predicted molar refractivity (Wildman–Crippen MR) is 136 cm³/mol. The number of rotatable bonds is 13. The molecule has 1 aromatic rings. The quantitative estimate of drug-likeness (QED) is 0.188. The maximum absolute atomic E-state index is 11.5. The molecule has 0 aliphatic carbocycles. The van der Waals surface area contributed by atoms with Crippen molar-refractivity contribution in [2.45, 2.75) is 17.4 Å². The molecule has 1 saturated heterocycles. The van der Waals surface area contributed by atoms with Gasteiger partial charge in [0.25, 0.3) is 12.9 Å². The maximum atomic E-state index is 11.5. The van der Waals surface area contributed by atoms with Crippen LogP contribution in [0.1, 0.15) is 5.56 Å². The maximum Gasteiger partial charge on any atom is 0.317 e. The lowest BCUT2D eigenvalue weighted by atomic mass is 10.0. The second kappa shape index (κ2) is 17.3. The van der Waals surface area contributed by atoms with E-state index < -0.39 is 11.9 Å². The van der Waals surface area contributed by atoms with Crippen LogP contribution in [0.15, 0.2) is 29.2 Å². The van der Waals surface area contributed by atoms with Crippen molar-refractivity contribution in [3.8, 4) is 5.40 Å². The number of hydrogen-bond acceptors (Lipinski definition) is 12. The Hall–Kier alpha value is -3.22. The molecule has 2 rings (SSSR count). The second-order valence-electron chi connectivity index (χ2n) is 8.71. The summed E-state index contributed by atoms with van der Waals surface area (Å²) in [5, 5.41) is 29.7. The summed E-state index contributed by atoms with van der Waals surface area (Å²) >= 11 is 1.05. The van der Waals surface area contributed by atoms with E-state index in [0.29, 0.717) is 65.2 Å². The van der Waals surface area contributed by atoms with E-state index in [1.54, 1.807) is 9.80 Å². The third-order valence-corrected chi connectivity index (χ3v) is 6.66. The van der Waals surface area contributed by atoms with Gasteiger partial charge >= 0.3 is 11.9 Å². The molecule has 0 bridgehead atoms. The van der Waals surface area contributed by atoms with Gasteiger partial charge in [0.1, 0.15) is 18.9 Å². The molecule has 1 atom stereocenters. The Bertz CT molecular complexity index is 945. The van der Waals surface area contributed by atoms with Gasteiger partial charge in [-0.05, 0) is 35.9 Å². The first kappa shape index (κ1) is 31.0. The highest BCUT2D eigenvalue weighted by molar-refractivity contribution is 8.03. The number of carbonyl (C=O) groups excluding carboxylic acids is 2. The van der Waals surface area contributed by atoms with E-state index >= 15 is 0 Å². The monoisotopic (exact) mass is 551 g/mol. The van der Waals surface area contributed by atoms with Crippen molar-refractivity contribution in [3.63, 3.8) is 0 Å². The van der Waals surface area contributed by atoms with Gasteiger partial charge in [-0.15, -0.1) is 0 Å². The molecule has 0 radical (unpaired) electrons. The van der Waals surface area contributed by atoms with Crippen molar-refractivity contribution in [2.75, 3.05) is 72.4 Å². The fraction of sp³-hybridized carbons (Fsp3) is 0.542. The molecule has 2 N–H and O–H groups in total. The van der Waals surface area contributed by atoms with Crippen molar-refractivity contribution >= 4 is 36.6 Å². The average molecular weight is 552 g/mol. The molecule has 1 unspecified atom stereocenters. The van der Waals surface area contributed by atoms with Crippen LogP contribution in [0.3, 0.4) is 0 Å². The van der Waals surface area contributed by atoms with Crippen LogP contribution in [0, 0.1) is 10.7 Å². The fourth-order valence-corrected chi connectivity index (χ4v) is 4.58. The first-order valence-electron chi connectivity index (χ1n) is 11.9. The Morgan fingerprint density at radius 3 is 1.95 bits per heavy atom. The first-order chi connectivity index (χ1) is 18.3. The summed E-state index contributed by atoms with van der Waals surface area (Å²) in [5.74, 6) is -1.99. The number of ether oxygens (including phenoxy) is 2. The Balaban J connectivity index is 2.36. The summed E-state index contributed by atoms with van der Waals surface area (Å²) in [6.45, 7) is 2.76. The largest absolute Gasteiger partial charge is 0.480 e. The number of nitriles is 1. The highest BCUT2D eigenvalue weighted by Crippen LogP contribution is 2.19. The molecule has 14 heteroatoms. The van der Waals surface area contributed by atoms with Gasteiger partial charge in [-0.2, -0.15) is 5.26 Å². The van der Waals surface area contributed by atoms with Gasteiger partial charge in [0.05, 0.1) is 13.1 Å². The van der Waals surface area contributed by atoms with E-state index in [-0.39, 0.29) is 32.6 Å². The molecule has 13 nitrogen and oxygen atoms in total. The van der Waals surface area contributed by atoms with Crippen LogP contribution in [0.5, 0.6) is 0 Å². The highest BCUT2D eigenvalue weighted by atomic mass is 32.2. The number of nitrogens with zero attached hydrogens (tertiary/aromatic N) is 5. The van der Waals surface area contributed by atoms with E-state index in [1.807, 2.05) is 39.5 Å². The topological polar surface area (TPSA) is 164 Å². The number of benzene rings is 1. The van der Waals surface area contributed by atoms with E-state index in [2.05, 4.69) is 0 Å². The SMILES string of the molecule is N#CSc1ccc(CC2CN(COC=O)CCN(CC(=O)O)CCN(CC(=O)O)CCN2COC=O)cc1. The smallest absolute Gasteiger partial charge is 0.317 e. The van der Waals surface area contributed by atoms with Gasteiger partial charge < -0.3 is 19.7 Å². The minimum Gasteiger partial charge on any atom is -0.480 e. The molecule has 0 spiro atoms. The third kappa shape index (κ3) is 11.9. The van der Waals surface area contributed by atoms with Gasteiger partial charge in [0, 0.05) is 56.8 Å². The summed E-state index contributed by atoms with van der Waals surface area (Å²) < 4.78 is 10.1. The van der Waals surface area contributed by atoms with Crippen LogP contribution in [-0.2, 0) is 35.1 Å². The number of thiocyanates is 1. The van der Waals surface area contributed by atoms with E-state index in [1.165, 1.54) is 0 Å². The van der Waals surface area contributed by atoms with E-state index in [0.717, 1.165) is 22.2 Å². The lowest BCUT2D eigenvalue weighted by molar-refractivity contribution is -0.141. The van der Waals surface area contributed by atoms with Crippen LogP contribution in [0.2, 0.25) is 0 Å². The molecule has 38 heavy (non-hydrogen) atoms. The molecular weight excluding hydrogens is 518 g/mol. The van der Waals surface area contributed by atoms with E-state index in [9.17, 15) is 29.4 Å². The number of thioether (sulfide) groups is 1. The molecule has 0 amide bonds. The zero-order valence-corrected chi connectivity index (χ0v) is 21.8. The van der Waals surface area contributed by atoms with Crippen molar-refractivity contribution in [3.05, 3.63) is 29.8 Å². The van der Waals surface area contributed by atoms with Gasteiger partial charge in [0.15, 0.2) is 0 Å². The van der Waals surface area contributed by atoms with Gasteiger partial charge in [-0.1, -0.05) is 12.1 Å². The molecule has 0 aromatic heterocycles. The summed E-state index contributed by atoms with van der Waals surface area (Å²) in [7, 11) is 0. The summed E-state index contributed by atoms with van der Waals surface area (Å²) in [5.41, 5.74) is 0.964. The fourth-order valence-electron chi connectivity index (χ4n) is 4.21. The van der Waals surface area contributed by atoms with Crippen molar-refractivity contribution in [1.29, 1.82) is 5.26 Å². The highest BCUT2D eigenvalue weighted by Gasteiger charge is 2.26. The predicted octanol–water partition coefficient (Wildman–Crippen LogP) is -0.177. The normalized spacial score (nSPS) is 18.9. The molecule has 208 valence electrons. The molecule has 0 saturated carbocycles. The zero-order valence-electron chi connectivity index (χ0n) is 21.0. The summed E-state index contributed by atoms with van der Waals surface area (Å²) in [6, 6.07) is 7.27. The number of carboxylic acid groups (broad SMARTS) is 2. The zero-order chi connectivity index (χ0) is 27.8. The van der Waals surface area contributed by atoms with Crippen molar-refractivity contribution in [1.82, 2.24) is 19.6 Å². The lowest BCUT2D eigenvalue weighted by Crippen LogP contribution is -2.52. The minimum absolute atomic E-state index is 0.00776. The molecule has 1 aliphatic heterocycles. The molecule has 1 aromatic carbocycles. The number of carbonyl (C=O) groups is 4. The van der Waals surface area contributed by atoms with Crippen molar-refractivity contribution < 1.29 is 38.9 Å².